The molecule has 0 aromatic heterocycles. The summed E-state index contributed by atoms with van der Waals surface area (Å²) in [5.41, 5.74) is 10.3. The maximum absolute atomic E-state index is 3.92. The fourth-order valence-corrected chi connectivity index (χ4v) is 4.37. The molecule has 1 aliphatic rings. The SMILES string of the molecule is C=C/C(=C\C)c1cccc(Nc2ccc3c(c2)C(C)(C)c2ccccc2C3)c1. The maximum atomic E-state index is 3.92. The summed E-state index contributed by atoms with van der Waals surface area (Å²) < 4.78 is 0. The van der Waals surface area contributed by atoms with Crippen LogP contribution in [0.5, 0.6) is 0 Å². The highest BCUT2D eigenvalue weighted by Gasteiger charge is 2.32. The zero-order chi connectivity index (χ0) is 19.7. The normalized spacial score (nSPS) is 14.8. The predicted octanol–water partition coefficient (Wildman–Crippen LogP) is 7.25. The Morgan fingerprint density at radius 1 is 0.893 bits per heavy atom. The number of benzene rings is 3. The highest BCUT2D eigenvalue weighted by atomic mass is 14.9. The summed E-state index contributed by atoms with van der Waals surface area (Å²) in [7, 11) is 0. The van der Waals surface area contributed by atoms with Gasteiger partial charge in [-0.2, -0.15) is 0 Å². The van der Waals surface area contributed by atoms with Crippen LogP contribution in [0.2, 0.25) is 0 Å². The van der Waals surface area contributed by atoms with Crippen LogP contribution < -0.4 is 5.32 Å². The lowest BCUT2D eigenvalue weighted by Crippen LogP contribution is -2.27. The molecular weight excluding hydrogens is 338 g/mol. The molecule has 140 valence electrons. The van der Waals surface area contributed by atoms with Crippen molar-refractivity contribution >= 4 is 16.9 Å². The minimum absolute atomic E-state index is 0.00464. The first-order chi connectivity index (χ1) is 13.5. The summed E-state index contributed by atoms with van der Waals surface area (Å²) in [6, 6.07) is 24.1. The minimum atomic E-state index is 0.00464. The molecule has 0 saturated carbocycles. The Labute approximate surface area is 168 Å². The smallest absolute Gasteiger partial charge is 0.0390 e. The Bertz CT molecular complexity index is 1070. The number of nitrogens with one attached hydrogen (secondary N) is 1. The van der Waals surface area contributed by atoms with Crippen LogP contribution in [0.4, 0.5) is 11.4 Å². The Balaban J connectivity index is 1.68. The summed E-state index contributed by atoms with van der Waals surface area (Å²) in [6.07, 6.45) is 5.00. The van der Waals surface area contributed by atoms with Crippen molar-refractivity contribution in [1.29, 1.82) is 0 Å². The summed E-state index contributed by atoms with van der Waals surface area (Å²) in [4.78, 5) is 0. The second-order valence-electron chi connectivity index (χ2n) is 7.98. The predicted molar refractivity (Wildman–Crippen MR) is 121 cm³/mol. The van der Waals surface area contributed by atoms with E-state index in [0.29, 0.717) is 0 Å². The van der Waals surface area contributed by atoms with Gasteiger partial charge in [0.1, 0.15) is 0 Å². The molecule has 0 fully saturated rings. The van der Waals surface area contributed by atoms with E-state index >= 15 is 0 Å². The first kappa shape index (κ1) is 18.3. The molecule has 0 spiro atoms. The van der Waals surface area contributed by atoms with Crippen molar-refractivity contribution in [3.05, 3.63) is 113 Å². The van der Waals surface area contributed by atoms with Gasteiger partial charge in [0.2, 0.25) is 0 Å². The third kappa shape index (κ3) is 3.18. The van der Waals surface area contributed by atoms with E-state index in [1.165, 1.54) is 27.8 Å². The fourth-order valence-electron chi connectivity index (χ4n) is 4.37. The third-order valence-electron chi connectivity index (χ3n) is 5.87. The summed E-state index contributed by atoms with van der Waals surface area (Å²) in [5, 5.41) is 3.60. The summed E-state index contributed by atoms with van der Waals surface area (Å²) in [5.74, 6) is 0. The highest BCUT2D eigenvalue weighted by molar-refractivity contribution is 5.76. The molecule has 3 aromatic rings. The molecule has 1 heteroatoms. The minimum Gasteiger partial charge on any atom is -0.356 e. The zero-order valence-corrected chi connectivity index (χ0v) is 16.9. The van der Waals surface area contributed by atoms with Crippen LogP contribution in [0.25, 0.3) is 5.57 Å². The number of rotatable bonds is 4. The zero-order valence-electron chi connectivity index (χ0n) is 16.9. The van der Waals surface area contributed by atoms with E-state index in [-0.39, 0.29) is 5.41 Å². The Kier molecular flexibility index (Phi) is 4.68. The molecule has 0 atom stereocenters. The van der Waals surface area contributed by atoms with E-state index in [0.717, 1.165) is 23.4 Å². The van der Waals surface area contributed by atoms with Gasteiger partial charge in [-0.15, -0.1) is 0 Å². The number of allylic oxidation sites excluding steroid dienone is 3. The molecule has 0 radical (unpaired) electrons. The molecule has 1 N–H and O–H groups in total. The van der Waals surface area contributed by atoms with Crippen LogP contribution in [0.1, 0.15) is 48.6 Å². The summed E-state index contributed by atoms with van der Waals surface area (Å²) in [6.45, 7) is 10.6. The number of hydrogen-bond donors (Lipinski definition) is 1. The molecule has 0 heterocycles. The molecular formula is C27H27N. The maximum Gasteiger partial charge on any atom is 0.0390 e. The quantitative estimate of drug-likeness (QED) is 0.480. The van der Waals surface area contributed by atoms with Gasteiger partial charge in [-0.1, -0.05) is 75.0 Å². The average molecular weight is 366 g/mol. The second-order valence-corrected chi connectivity index (χ2v) is 7.98. The highest BCUT2D eigenvalue weighted by Crippen LogP contribution is 2.42. The second kappa shape index (κ2) is 7.16. The molecule has 0 saturated heterocycles. The Hall–Kier alpha value is -3.06. The van der Waals surface area contributed by atoms with Crippen LogP contribution >= 0.6 is 0 Å². The van der Waals surface area contributed by atoms with Gasteiger partial charge in [-0.25, -0.2) is 0 Å². The van der Waals surface area contributed by atoms with Crippen LogP contribution in [-0.4, -0.2) is 0 Å². The van der Waals surface area contributed by atoms with Crippen molar-refractivity contribution in [3.63, 3.8) is 0 Å². The van der Waals surface area contributed by atoms with Crippen LogP contribution in [0.3, 0.4) is 0 Å². The van der Waals surface area contributed by atoms with Crippen molar-refractivity contribution < 1.29 is 0 Å². The molecule has 0 bridgehead atoms. The van der Waals surface area contributed by atoms with Crippen molar-refractivity contribution in [3.8, 4) is 0 Å². The third-order valence-corrected chi connectivity index (χ3v) is 5.87. The van der Waals surface area contributed by atoms with E-state index in [1.54, 1.807) is 0 Å². The van der Waals surface area contributed by atoms with Crippen molar-refractivity contribution in [1.82, 2.24) is 0 Å². The van der Waals surface area contributed by atoms with Gasteiger partial charge >= 0.3 is 0 Å². The first-order valence-corrected chi connectivity index (χ1v) is 9.91. The monoisotopic (exact) mass is 365 g/mol. The van der Waals surface area contributed by atoms with E-state index < -0.39 is 0 Å². The topological polar surface area (TPSA) is 12.0 Å². The van der Waals surface area contributed by atoms with Crippen LogP contribution in [0, 0.1) is 0 Å². The lowest BCUT2D eigenvalue weighted by molar-refractivity contribution is 0.611. The molecule has 28 heavy (non-hydrogen) atoms. The van der Waals surface area contributed by atoms with Gasteiger partial charge < -0.3 is 5.32 Å². The Morgan fingerprint density at radius 2 is 1.64 bits per heavy atom. The molecule has 0 unspecified atom stereocenters. The first-order valence-electron chi connectivity index (χ1n) is 9.91. The standard InChI is InChI=1S/C27H27N/c1-5-19(6-2)20-11-9-12-23(17-20)28-24-15-14-22-16-21-10-7-8-13-25(21)27(3,4)26(22)18-24/h5-15,17-18,28H,1,16H2,2-4H3/b19-6+. The lowest BCUT2D eigenvalue weighted by Gasteiger charge is -2.35. The molecule has 1 nitrogen and oxygen atoms in total. The number of anilines is 2. The van der Waals surface area contributed by atoms with E-state index in [9.17, 15) is 0 Å². The number of hydrogen-bond acceptors (Lipinski definition) is 1. The van der Waals surface area contributed by atoms with Gasteiger partial charge in [-0.05, 0) is 71.0 Å². The van der Waals surface area contributed by atoms with Crippen molar-refractivity contribution in [2.75, 3.05) is 5.32 Å². The van der Waals surface area contributed by atoms with Gasteiger partial charge in [-0.3, -0.25) is 0 Å². The van der Waals surface area contributed by atoms with Gasteiger partial charge in [0.25, 0.3) is 0 Å². The van der Waals surface area contributed by atoms with Gasteiger partial charge in [0, 0.05) is 16.8 Å². The van der Waals surface area contributed by atoms with Crippen molar-refractivity contribution in [2.45, 2.75) is 32.6 Å². The molecule has 0 aliphatic heterocycles. The van der Waals surface area contributed by atoms with Gasteiger partial charge in [0.05, 0.1) is 0 Å². The van der Waals surface area contributed by atoms with E-state index in [1.807, 2.05) is 13.0 Å². The Morgan fingerprint density at radius 3 is 2.43 bits per heavy atom. The van der Waals surface area contributed by atoms with Gasteiger partial charge in [0.15, 0.2) is 0 Å². The largest absolute Gasteiger partial charge is 0.356 e. The molecule has 0 amide bonds. The molecule has 1 aliphatic carbocycles. The number of fused-ring (bicyclic) bond motifs is 2. The van der Waals surface area contributed by atoms with E-state index in [2.05, 4.69) is 98.5 Å². The fraction of sp³-hybridized carbons (Fsp3) is 0.185. The van der Waals surface area contributed by atoms with Crippen molar-refractivity contribution in [2.24, 2.45) is 0 Å². The molecule has 4 rings (SSSR count). The average Bonchev–Trinajstić information content (AvgIpc) is 2.70. The summed E-state index contributed by atoms with van der Waals surface area (Å²) >= 11 is 0. The van der Waals surface area contributed by atoms with Crippen LogP contribution in [0.15, 0.2) is 85.5 Å². The van der Waals surface area contributed by atoms with Crippen LogP contribution in [-0.2, 0) is 11.8 Å². The lowest BCUT2D eigenvalue weighted by atomic mass is 9.69. The van der Waals surface area contributed by atoms with E-state index in [4.69, 9.17) is 0 Å². The molecule has 3 aromatic carbocycles.